The summed E-state index contributed by atoms with van der Waals surface area (Å²) >= 11 is 24.6. The first-order valence-electron chi connectivity index (χ1n) is 26.8. The van der Waals surface area contributed by atoms with E-state index in [1.54, 1.807) is 0 Å². The van der Waals surface area contributed by atoms with Gasteiger partial charge in [0, 0.05) is 80.7 Å². The lowest BCUT2D eigenvalue weighted by molar-refractivity contribution is 0.0877. The minimum Gasteiger partial charge on any atom is -0.268 e. The third-order valence-electron chi connectivity index (χ3n) is 17.6. The summed E-state index contributed by atoms with van der Waals surface area (Å²) in [5.74, 6) is -1.07. The molecule has 6 nitrogen and oxygen atoms in total. The summed E-state index contributed by atoms with van der Waals surface area (Å²) in [6.45, 7) is 16.8. The number of halogens is 6. The first-order chi connectivity index (χ1) is 38.2. The number of anilines is 2. The number of carbonyl (C=O) groups excluding carboxylic acids is 4. The third-order valence-corrected chi connectivity index (χ3v) is 21.3. The monoisotopic (exact) mass is 1430 g/mol. The summed E-state index contributed by atoms with van der Waals surface area (Å²) in [5.41, 5.74) is 7.07. The molecule has 2 heterocycles. The van der Waals surface area contributed by atoms with Crippen molar-refractivity contribution < 1.29 is 19.2 Å². The molecule has 0 spiro atoms. The van der Waals surface area contributed by atoms with E-state index in [0.717, 1.165) is 146 Å². The van der Waals surface area contributed by atoms with Gasteiger partial charge in [0.1, 0.15) is 0 Å². The highest BCUT2D eigenvalue weighted by Crippen LogP contribution is 2.58. The van der Waals surface area contributed by atoms with E-state index in [1.807, 2.05) is 60.7 Å². The van der Waals surface area contributed by atoms with Crippen LogP contribution in [0, 0.1) is 0 Å². The molecule has 0 fully saturated rings. The maximum atomic E-state index is 15.2. The zero-order valence-electron chi connectivity index (χ0n) is 44.3. The molecule has 4 amide bonds. The van der Waals surface area contributed by atoms with Crippen LogP contribution in [0.4, 0.5) is 11.4 Å². The van der Waals surface area contributed by atoms with Gasteiger partial charge in [-0.25, -0.2) is 9.80 Å². The van der Waals surface area contributed by atoms with Gasteiger partial charge in [-0.05, 0) is 136 Å². The Kier molecular flexibility index (Phi) is 11.2. The Labute approximate surface area is 509 Å². The molecule has 0 unspecified atom stereocenters. The van der Waals surface area contributed by atoms with Crippen LogP contribution < -0.4 is 9.80 Å². The lowest BCUT2D eigenvalue weighted by atomic mass is 9.80. The SMILES string of the molecule is CC(C)c1cccc(C(C)C)c1N1C(=O)c2cc(Br)c3c4ccc5c6c(Br)cc7c8c(Br)cc9c%10c(cc(Br)c(c%11ccc(c%12c(Br)cc(c%13c(Br)cc(c2c3%13)C1=O)c4c5%12)c6c%117)c%108)C(=O)N(c1c(C(C)C)cccc1C(C)C)C9=O. The fourth-order valence-corrected chi connectivity index (χ4v) is 18.1. The summed E-state index contributed by atoms with van der Waals surface area (Å²) in [6, 6.07) is 33.2. The average molecular weight is 1430 g/mol. The van der Waals surface area contributed by atoms with Crippen LogP contribution in [0.3, 0.4) is 0 Å². The van der Waals surface area contributed by atoms with Crippen molar-refractivity contribution in [1.29, 1.82) is 0 Å². The Morgan fingerprint density at radius 2 is 0.512 bits per heavy atom. The molecule has 0 saturated heterocycles. The van der Waals surface area contributed by atoms with Crippen LogP contribution in [0.1, 0.15) is 143 Å². The van der Waals surface area contributed by atoms with Crippen LogP contribution in [-0.4, -0.2) is 23.6 Å². The molecule has 2 aliphatic rings. The van der Waals surface area contributed by atoms with Gasteiger partial charge in [0.15, 0.2) is 0 Å². The topological polar surface area (TPSA) is 74.8 Å². The van der Waals surface area contributed by atoms with E-state index in [2.05, 4.69) is 187 Å². The summed E-state index contributed by atoms with van der Waals surface area (Å²) in [6.07, 6.45) is 0. The van der Waals surface area contributed by atoms with Gasteiger partial charge in [0.2, 0.25) is 0 Å². The van der Waals surface area contributed by atoms with Crippen LogP contribution in [0.5, 0.6) is 0 Å². The normalized spacial score (nSPS) is 14.4. The maximum Gasteiger partial charge on any atom is 0.266 e. The van der Waals surface area contributed by atoms with E-state index in [0.29, 0.717) is 44.4 Å². The first kappa shape index (κ1) is 51.3. The van der Waals surface area contributed by atoms with Crippen LogP contribution in [0.2, 0.25) is 0 Å². The van der Waals surface area contributed by atoms with Gasteiger partial charge in [-0.15, -0.1) is 0 Å². The van der Waals surface area contributed by atoms with Crippen LogP contribution in [-0.2, 0) is 0 Å². The van der Waals surface area contributed by atoms with Crippen molar-refractivity contribution in [2.75, 3.05) is 9.80 Å². The average Bonchev–Trinajstić information content (AvgIpc) is 3.43. The van der Waals surface area contributed by atoms with Gasteiger partial charge >= 0.3 is 0 Å². The van der Waals surface area contributed by atoms with Gasteiger partial charge in [-0.1, -0.05) is 212 Å². The Balaban J connectivity index is 1.01. The number of fused-ring (bicyclic) bond motifs is 6. The molecular weight excluding hydrogens is 1390 g/mol. The van der Waals surface area contributed by atoms with E-state index < -0.39 is 0 Å². The second-order valence-corrected chi connectivity index (χ2v) is 28.2. The number of imide groups is 2. The molecule has 15 rings (SSSR count). The number of rotatable bonds is 6. The summed E-state index contributed by atoms with van der Waals surface area (Å²) in [4.78, 5) is 63.8. The van der Waals surface area contributed by atoms with Crippen LogP contribution in [0.25, 0.3) is 108 Å². The highest BCUT2D eigenvalue weighted by atomic mass is 79.9. The summed E-state index contributed by atoms with van der Waals surface area (Å²) < 4.78 is 4.85. The molecule has 0 atom stereocenters. The van der Waals surface area contributed by atoms with Gasteiger partial charge in [0.25, 0.3) is 23.6 Å². The fourth-order valence-electron chi connectivity index (χ4n) is 14.3. The molecule has 13 aromatic rings. The van der Waals surface area contributed by atoms with Gasteiger partial charge in [-0.2, -0.15) is 0 Å². The smallest absolute Gasteiger partial charge is 0.266 e. The minimum absolute atomic E-state index is 0.0693. The van der Waals surface area contributed by atoms with E-state index in [-0.39, 0.29) is 47.3 Å². The van der Waals surface area contributed by atoms with E-state index in [4.69, 9.17) is 0 Å². The molecule has 2 aliphatic heterocycles. The first-order valence-corrected chi connectivity index (χ1v) is 31.6. The Morgan fingerprint density at radius 3 is 0.787 bits per heavy atom. The van der Waals surface area contributed by atoms with Crippen LogP contribution in [0.15, 0.2) is 124 Å². The zero-order chi connectivity index (χ0) is 55.9. The number of benzene rings is 13. The molecule has 0 N–H and O–H groups in total. The number of nitrogens with zero attached hydrogens (tertiary/aromatic N) is 2. The van der Waals surface area contributed by atoms with Crippen molar-refractivity contribution in [3.05, 3.63) is 168 Å². The molecule has 12 heteroatoms. The molecular formula is C68H44Br6N2O4. The number of carbonyl (C=O) groups is 4. The van der Waals surface area contributed by atoms with E-state index in [1.165, 1.54) is 9.80 Å². The highest BCUT2D eigenvalue weighted by Gasteiger charge is 2.42. The van der Waals surface area contributed by atoms with Crippen molar-refractivity contribution >= 4 is 238 Å². The maximum absolute atomic E-state index is 15.2. The molecule has 0 saturated carbocycles. The van der Waals surface area contributed by atoms with Crippen molar-refractivity contribution in [3.63, 3.8) is 0 Å². The minimum atomic E-state index is -0.337. The number of hydrogen-bond donors (Lipinski definition) is 0. The standard InChI is InChI=1S/C68H44Br6N2O4/c1-25(2)29-11-9-12-30(26(3)4)63(29)75-65(77)39-21-45(71)55-33-15-17-35-54-44(70)20-38-50-34(16-18-36(60(50)54)53-43(69)19-37(49(33)59(35)53)57-47(73)23-41(67(75)79)51(39)61(55)57)56-46(72)22-40-52-42(24-48(74)58(38)62(52)56)68(80)76(66(40)78)64-31(27(5)6)13-10-14-32(64)28(7)8/h9-28H,1-8H3. The largest absolute Gasteiger partial charge is 0.268 e. The molecule has 0 aromatic heterocycles. The number of para-hydroxylation sites is 2. The predicted molar refractivity (Wildman–Crippen MR) is 353 cm³/mol. The number of hydrogen-bond acceptors (Lipinski definition) is 4. The lowest BCUT2D eigenvalue weighted by Crippen LogP contribution is -2.42. The quantitative estimate of drug-likeness (QED) is 0.0944. The molecule has 0 aliphatic carbocycles. The van der Waals surface area contributed by atoms with Crippen molar-refractivity contribution in [2.24, 2.45) is 0 Å². The molecule has 0 bridgehead atoms. The zero-order valence-corrected chi connectivity index (χ0v) is 53.9. The molecule has 0 radical (unpaired) electrons. The van der Waals surface area contributed by atoms with E-state index in [9.17, 15) is 0 Å². The van der Waals surface area contributed by atoms with E-state index >= 15 is 19.2 Å². The Bertz CT molecular complexity index is 4720. The summed E-state index contributed by atoms with van der Waals surface area (Å²) in [5, 5.41) is 19.2. The second kappa shape index (κ2) is 17.5. The van der Waals surface area contributed by atoms with Crippen molar-refractivity contribution in [3.8, 4) is 0 Å². The fraction of sp³-hybridized carbons (Fsp3) is 0.176. The molecule has 13 aromatic carbocycles. The second-order valence-electron chi connectivity index (χ2n) is 23.1. The highest BCUT2D eigenvalue weighted by molar-refractivity contribution is 9.11. The molecule has 392 valence electrons. The predicted octanol–water partition coefficient (Wildman–Crippen LogP) is 22.2. The Morgan fingerprint density at radius 1 is 0.275 bits per heavy atom. The Hall–Kier alpha value is -5.60. The van der Waals surface area contributed by atoms with Crippen LogP contribution >= 0.6 is 95.6 Å². The van der Waals surface area contributed by atoms with Gasteiger partial charge in [0.05, 0.1) is 33.6 Å². The third kappa shape index (κ3) is 6.39. The lowest BCUT2D eigenvalue weighted by Gasteiger charge is -2.33. The van der Waals surface area contributed by atoms with Gasteiger partial charge < -0.3 is 0 Å². The van der Waals surface area contributed by atoms with Crippen molar-refractivity contribution in [1.82, 2.24) is 0 Å². The molecule has 80 heavy (non-hydrogen) atoms. The number of amides is 4. The summed E-state index contributed by atoms with van der Waals surface area (Å²) in [7, 11) is 0. The van der Waals surface area contributed by atoms with Gasteiger partial charge in [-0.3, -0.25) is 19.2 Å². The van der Waals surface area contributed by atoms with Crippen molar-refractivity contribution in [2.45, 2.75) is 79.1 Å².